The van der Waals surface area contributed by atoms with Crippen molar-refractivity contribution in [2.24, 2.45) is 0 Å². The lowest BCUT2D eigenvalue weighted by molar-refractivity contribution is -0.139. The number of benzene rings is 2. The van der Waals surface area contributed by atoms with E-state index in [4.69, 9.17) is 11.6 Å². The largest absolute Gasteiger partial charge is 0.469 e. The molecule has 0 heterocycles. The lowest BCUT2D eigenvalue weighted by atomic mass is 10.0. The van der Waals surface area contributed by atoms with Gasteiger partial charge in [-0.15, -0.1) is 0 Å². The van der Waals surface area contributed by atoms with Gasteiger partial charge in [0.25, 0.3) is 0 Å². The van der Waals surface area contributed by atoms with Crippen LogP contribution in [0, 0.1) is 0 Å². The molecule has 0 N–H and O–H groups in total. The zero-order chi connectivity index (χ0) is 11.5. The van der Waals surface area contributed by atoms with Crippen LogP contribution in [0.15, 0.2) is 36.4 Å². The molecule has 0 fully saturated rings. The Balaban J connectivity index is 2.57. The number of esters is 1. The van der Waals surface area contributed by atoms with Crippen LogP contribution in [-0.4, -0.2) is 13.1 Å². The van der Waals surface area contributed by atoms with E-state index < -0.39 is 0 Å². The summed E-state index contributed by atoms with van der Waals surface area (Å²) in [5.74, 6) is -0.279. The van der Waals surface area contributed by atoms with Gasteiger partial charge in [-0.3, -0.25) is 4.79 Å². The fourth-order valence-electron chi connectivity index (χ4n) is 1.71. The van der Waals surface area contributed by atoms with Crippen LogP contribution < -0.4 is 0 Å². The Bertz CT molecular complexity index is 534. The molecule has 0 bridgehead atoms. The lowest BCUT2D eigenvalue weighted by Crippen LogP contribution is -2.05. The first kappa shape index (κ1) is 11.0. The molecule has 3 heteroatoms. The fourth-order valence-corrected chi connectivity index (χ4v) is 1.94. The van der Waals surface area contributed by atoms with Crippen LogP contribution in [0.3, 0.4) is 0 Å². The van der Waals surface area contributed by atoms with Crippen LogP contribution in [0.1, 0.15) is 5.56 Å². The number of carbonyl (C=O) groups excluding carboxylic acids is 1. The van der Waals surface area contributed by atoms with E-state index >= 15 is 0 Å². The van der Waals surface area contributed by atoms with Crippen LogP contribution in [-0.2, 0) is 16.0 Å². The third-order valence-electron chi connectivity index (χ3n) is 2.53. The highest BCUT2D eigenvalue weighted by Gasteiger charge is 2.10. The van der Waals surface area contributed by atoms with Gasteiger partial charge in [-0.1, -0.05) is 41.9 Å². The van der Waals surface area contributed by atoms with Gasteiger partial charge in [0.2, 0.25) is 0 Å². The topological polar surface area (TPSA) is 26.3 Å². The predicted molar refractivity (Wildman–Crippen MR) is 64.7 cm³/mol. The number of fused-ring (bicyclic) bond motifs is 1. The molecule has 0 unspecified atom stereocenters. The maximum Gasteiger partial charge on any atom is 0.310 e. The molecule has 2 aromatic carbocycles. The first-order chi connectivity index (χ1) is 7.72. The molecule has 0 aliphatic heterocycles. The zero-order valence-electron chi connectivity index (χ0n) is 8.87. The van der Waals surface area contributed by atoms with E-state index in [2.05, 4.69) is 4.74 Å². The average Bonchev–Trinajstić information content (AvgIpc) is 2.32. The minimum Gasteiger partial charge on any atom is -0.469 e. The maximum atomic E-state index is 11.3. The fraction of sp³-hybridized carbons (Fsp3) is 0.154. The molecule has 0 aromatic heterocycles. The van der Waals surface area contributed by atoms with E-state index in [9.17, 15) is 4.79 Å². The number of rotatable bonds is 2. The van der Waals surface area contributed by atoms with Gasteiger partial charge in [-0.05, 0) is 22.4 Å². The van der Waals surface area contributed by atoms with Gasteiger partial charge in [0.1, 0.15) is 0 Å². The first-order valence-electron chi connectivity index (χ1n) is 4.95. The van der Waals surface area contributed by atoms with Crippen molar-refractivity contribution in [3.8, 4) is 0 Å². The summed E-state index contributed by atoms with van der Waals surface area (Å²) in [6.45, 7) is 0. The Morgan fingerprint density at radius 3 is 2.75 bits per heavy atom. The Morgan fingerprint density at radius 2 is 2.00 bits per heavy atom. The van der Waals surface area contributed by atoms with Crippen molar-refractivity contribution in [3.63, 3.8) is 0 Å². The second kappa shape index (κ2) is 4.54. The maximum absolute atomic E-state index is 11.3. The number of hydrogen-bond donors (Lipinski definition) is 0. The molecule has 2 nitrogen and oxygen atoms in total. The predicted octanol–water partition coefficient (Wildman–Crippen LogP) is 3.21. The van der Waals surface area contributed by atoms with Crippen molar-refractivity contribution >= 4 is 28.3 Å². The van der Waals surface area contributed by atoms with Crippen LogP contribution in [0.5, 0.6) is 0 Å². The molecular formula is C13H11ClO2. The normalized spacial score (nSPS) is 10.4. The van der Waals surface area contributed by atoms with E-state index in [1.54, 1.807) is 0 Å². The number of halogens is 1. The standard InChI is InChI=1S/C13H11ClO2/c1-16-13(15)8-11-10-5-3-2-4-9(10)6-7-12(11)14/h2-7H,8H2,1H3. The summed E-state index contributed by atoms with van der Waals surface area (Å²) in [5.41, 5.74) is 0.826. The van der Waals surface area contributed by atoms with Crippen LogP contribution in [0.2, 0.25) is 5.02 Å². The molecule has 0 saturated carbocycles. The van der Waals surface area contributed by atoms with Gasteiger partial charge in [0, 0.05) is 5.02 Å². The van der Waals surface area contributed by atoms with Gasteiger partial charge in [0.05, 0.1) is 13.5 Å². The highest BCUT2D eigenvalue weighted by atomic mass is 35.5. The zero-order valence-corrected chi connectivity index (χ0v) is 9.62. The molecule has 0 atom stereocenters. The highest BCUT2D eigenvalue weighted by molar-refractivity contribution is 6.32. The molecule has 82 valence electrons. The van der Waals surface area contributed by atoms with Crippen molar-refractivity contribution in [1.82, 2.24) is 0 Å². The summed E-state index contributed by atoms with van der Waals surface area (Å²) in [7, 11) is 1.38. The van der Waals surface area contributed by atoms with Crippen LogP contribution in [0.25, 0.3) is 10.8 Å². The van der Waals surface area contributed by atoms with Crippen molar-refractivity contribution in [2.75, 3.05) is 7.11 Å². The molecule has 0 spiro atoms. The molecule has 0 amide bonds. The number of methoxy groups -OCH3 is 1. The second-order valence-corrected chi connectivity index (χ2v) is 3.91. The van der Waals surface area contributed by atoms with Crippen molar-refractivity contribution in [1.29, 1.82) is 0 Å². The smallest absolute Gasteiger partial charge is 0.310 e. The minimum atomic E-state index is -0.279. The molecule has 0 aliphatic rings. The third kappa shape index (κ3) is 2.02. The Hall–Kier alpha value is -1.54. The highest BCUT2D eigenvalue weighted by Crippen LogP contribution is 2.26. The Kier molecular flexibility index (Phi) is 3.11. The number of carbonyl (C=O) groups is 1. The van der Waals surface area contributed by atoms with E-state index in [-0.39, 0.29) is 12.4 Å². The quantitative estimate of drug-likeness (QED) is 0.746. The van der Waals surface area contributed by atoms with Gasteiger partial charge < -0.3 is 4.74 Å². The van der Waals surface area contributed by atoms with Crippen molar-refractivity contribution < 1.29 is 9.53 Å². The molecular weight excluding hydrogens is 224 g/mol. The van der Waals surface area contributed by atoms with E-state index in [1.165, 1.54) is 7.11 Å². The van der Waals surface area contributed by atoms with Crippen molar-refractivity contribution in [2.45, 2.75) is 6.42 Å². The van der Waals surface area contributed by atoms with Crippen LogP contribution in [0.4, 0.5) is 0 Å². The summed E-state index contributed by atoms with van der Waals surface area (Å²) in [4.78, 5) is 11.3. The molecule has 0 radical (unpaired) electrons. The summed E-state index contributed by atoms with van der Waals surface area (Å²) >= 11 is 6.10. The summed E-state index contributed by atoms with van der Waals surface area (Å²) in [6.07, 6.45) is 0.205. The van der Waals surface area contributed by atoms with Gasteiger partial charge in [-0.25, -0.2) is 0 Å². The second-order valence-electron chi connectivity index (χ2n) is 3.50. The summed E-state index contributed by atoms with van der Waals surface area (Å²) < 4.78 is 4.66. The first-order valence-corrected chi connectivity index (χ1v) is 5.33. The molecule has 2 aromatic rings. The molecule has 0 aliphatic carbocycles. The monoisotopic (exact) mass is 234 g/mol. The third-order valence-corrected chi connectivity index (χ3v) is 2.89. The van der Waals surface area contributed by atoms with E-state index in [0.29, 0.717) is 5.02 Å². The minimum absolute atomic E-state index is 0.205. The van der Waals surface area contributed by atoms with Crippen molar-refractivity contribution in [3.05, 3.63) is 47.0 Å². The number of hydrogen-bond acceptors (Lipinski definition) is 2. The molecule has 2 rings (SSSR count). The Labute approximate surface area is 98.8 Å². The average molecular weight is 235 g/mol. The molecule has 0 saturated heterocycles. The van der Waals surface area contributed by atoms with Crippen LogP contribution >= 0.6 is 11.6 Å². The Morgan fingerprint density at radius 1 is 1.25 bits per heavy atom. The van der Waals surface area contributed by atoms with Gasteiger partial charge >= 0.3 is 5.97 Å². The van der Waals surface area contributed by atoms with Gasteiger partial charge in [-0.2, -0.15) is 0 Å². The summed E-state index contributed by atoms with van der Waals surface area (Å²) in [5, 5.41) is 2.68. The number of ether oxygens (including phenoxy) is 1. The van der Waals surface area contributed by atoms with E-state index in [0.717, 1.165) is 16.3 Å². The van der Waals surface area contributed by atoms with E-state index in [1.807, 2.05) is 36.4 Å². The lowest BCUT2D eigenvalue weighted by Gasteiger charge is -2.07. The summed E-state index contributed by atoms with van der Waals surface area (Å²) in [6, 6.07) is 11.6. The molecule has 16 heavy (non-hydrogen) atoms. The van der Waals surface area contributed by atoms with Gasteiger partial charge in [0.15, 0.2) is 0 Å². The SMILES string of the molecule is COC(=O)Cc1c(Cl)ccc2ccccc12.